The van der Waals surface area contributed by atoms with Crippen LogP contribution in [0.4, 0.5) is 0 Å². The van der Waals surface area contributed by atoms with Gasteiger partial charge in [0.25, 0.3) is 5.91 Å². The first-order valence-corrected chi connectivity index (χ1v) is 8.30. The van der Waals surface area contributed by atoms with Crippen molar-refractivity contribution in [2.45, 2.75) is 64.3 Å². The average molecular weight is 292 g/mol. The Kier molecular flexibility index (Phi) is 6.21. The standard InChI is InChI=1S/C16H28N4O/c1-13-16(21)20(2)15(19-13)10-6-4-8-12-18-14-9-5-3-7-11-17-14/h13H,3-12H2,1-2H3,(H,17,18)/t13-/m1/s1. The van der Waals surface area contributed by atoms with Crippen molar-refractivity contribution < 1.29 is 4.79 Å². The fraction of sp³-hybridized carbons (Fsp3) is 0.812. The van der Waals surface area contributed by atoms with Crippen LogP contribution in [-0.4, -0.2) is 48.7 Å². The summed E-state index contributed by atoms with van der Waals surface area (Å²) in [6, 6.07) is -0.181. The Hall–Kier alpha value is -1.39. The molecular formula is C16H28N4O. The summed E-state index contributed by atoms with van der Waals surface area (Å²) < 4.78 is 0. The predicted octanol–water partition coefficient (Wildman–Crippen LogP) is 2.37. The third-order valence-electron chi connectivity index (χ3n) is 4.20. The van der Waals surface area contributed by atoms with Crippen LogP contribution in [0.1, 0.15) is 58.3 Å². The molecule has 1 amide bonds. The number of amidine groups is 2. The second-order valence-electron chi connectivity index (χ2n) is 6.00. The van der Waals surface area contributed by atoms with E-state index in [1.165, 1.54) is 25.1 Å². The van der Waals surface area contributed by atoms with Gasteiger partial charge in [-0.15, -0.1) is 0 Å². The number of hydrogen-bond donors (Lipinski definition) is 1. The number of rotatable bonds is 6. The Morgan fingerprint density at radius 3 is 2.86 bits per heavy atom. The highest BCUT2D eigenvalue weighted by atomic mass is 16.2. The van der Waals surface area contributed by atoms with Crippen molar-refractivity contribution in [1.82, 2.24) is 10.2 Å². The molecule has 0 saturated carbocycles. The molecule has 0 radical (unpaired) electrons. The van der Waals surface area contributed by atoms with Gasteiger partial charge in [0.15, 0.2) is 0 Å². The molecule has 5 heteroatoms. The highest BCUT2D eigenvalue weighted by Crippen LogP contribution is 2.13. The Morgan fingerprint density at radius 2 is 2.10 bits per heavy atom. The summed E-state index contributed by atoms with van der Waals surface area (Å²) in [5.41, 5.74) is 0. The Bertz CT molecular complexity index is 417. The van der Waals surface area contributed by atoms with Crippen LogP contribution in [-0.2, 0) is 4.79 Å². The van der Waals surface area contributed by atoms with Gasteiger partial charge in [0.05, 0.1) is 5.84 Å². The Morgan fingerprint density at radius 1 is 1.24 bits per heavy atom. The lowest BCUT2D eigenvalue weighted by Crippen LogP contribution is -2.30. The third kappa shape index (κ3) is 4.83. The molecular weight excluding hydrogens is 264 g/mol. The number of amides is 1. The van der Waals surface area contributed by atoms with E-state index in [0.717, 1.165) is 51.0 Å². The molecule has 21 heavy (non-hydrogen) atoms. The van der Waals surface area contributed by atoms with E-state index in [4.69, 9.17) is 0 Å². The minimum Gasteiger partial charge on any atom is -0.374 e. The zero-order valence-electron chi connectivity index (χ0n) is 13.4. The number of unbranched alkanes of at least 4 members (excludes halogenated alkanes) is 2. The summed E-state index contributed by atoms with van der Waals surface area (Å²) in [5.74, 6) is 2.28. The maximum Gasteiger partial charge on any atom is 0.252 e. The molecule has 0 saturated heterocycles. The van der Waals surface area contributed by atoms with Crippen molar-refractivity contribution in [3.8, 4) is 0 Å². The summed E-state index contributed by atoms with van der Waals surface area (Å²) in [5, 5.41) is 3.47. The van der Waals surface area contributed by atoms with Gasteiger partial charge in [0.2, 0.25) is 0 Å². The minimum absolute atomic E-state index is 0.123. The van der Waals surface area contributed by atoms with Crippen molar-refractivity contribution >= 4 is 17.6 Å². The van der Waals surface area contributed by atoms with Gasteiger partial charge in [-0.05, 0) is 32.6 Å². The maximum atomic E-state index is 11.6. The smallest absolute Gasteiger partial charge is 0.252 e. The summed E-state index contributed by atoms with van der Waals surface area (Å²) in [6.07, 6.45) is 9.24. The van der Waals surface area contributed by atoms with E-state index in [1.807, 2.05) is 14.0 Å². The number of aliphatic imine (C=N–C) groups is 2. The fourth-order valence-electron chi connectivity index (χ4n) is 2.84. The molecule has 118 valence electrons. The van der Waals surface area contributed by atoms with E-state index in [9.17, 15) is 4.79 Å². The van der Waals surface area contributed by atoms with Crippen molar-refractivity contribution in [1.29, 1.82) is 0 Å². The fourth-order valence-corrected chi connectivity index (χ4v) is 2.84. The molecule has 0 aromatic heterocycles. The van der Waals surface area contributed by atoms with Crippen LogP contribution in [0.3, 0.4) is 0 Å². The number of hydrogen-bond acceptors (Lipinski definition) is 4. The molecule has 5 nitrogen and oxygen atoms in total. The number of carbonyl (C=O) groups is 1. The van der Waals surface area contributed by atoms with Crippen LogP contribution in [0.25, 0.3) is 0 Å². The highest BCUT2D eigenvalue weighted by Gasteiger charge is 2.27. The van der Waals surface area contributed by atoms with Crippen molar-refractivity contribution in [3.63, 3.8) is 0 Å². The normalized spacial score (nSPS) is 22.9. The average Bonchev–Trinajstić information content (AvgIpc) is 2.69. The quantitative estimate of drug-likeness (QED) is 0.764. The molecule has 0 fully saturated rings. The van der Waals surface area contributed by atoms with Gasteiger partial charge in [-0.25, -0.2) is 0 Å². The number of carbonyl (C=O) groups excluding carboxylic acids is 1. The topological polar surface area (TPSA) is 57.1 Å². The lowest BCUT2D eigenvalue weighted by atomic mass is 10.1. The monoisotopic (exact) mass is 292 g/mol. The number of nitrogens with one attached hydrogen (secondary N) is 1. The van der Waals surface area contributed by atoms with E-state index in [2.05, 4.69) is 15.3 Å². The minimum atomic E-state index is -0.181. The van der Waals surface area contributed by atoms with Gasteiger partial charge in [-0.1, -0.05) is 12.8 Å². The summed E-state index contributed by atoms with van der Waals surface area (Å²) in [7, 11) is 1.83. The molecule has 2 aliphatic rings. The number of nitrogens with zero attached hydrogens (tertiary/aromatic N) is 3. The van der Waals surface area contributed by atoms with Crippen LogP contribution in [0.2, 0.25) is 0 Å². The van der Waals surface area contributed by atoms with E-state index < -0.39 is 0 Å². The van der Waals surface area contributed by atoms with E-state index in [1.54, 1.807) is 4.90 Å². The Labute approximate surface area is 127 Å². The first-order chi connectivity index (χ1) is 10.2. The van der Waals surface area contributed by atoms with E-state index >= 15 is 0 Å². The molecule has 0 aromatic carbocycles. The summed E-state index contributed by atoms with van der Waals surface area (Å²) in [4.78, 5) is 22.3. The van der Waals surface area contributed by atoms with Gasteiger partial charge in [0.1, 0.15) is 11.9 Å². The number of likely N-dealkylation sites (N-methyl/N-ethyl adjacent to an activating group) is 1. The lowest BCUT2D eigenvalue weighted by Gasteiger charge is -2.12. The molecule has 2 aliphatic heterocycles. The summed E-state index contributed by atoms with van der Waals surface area (Å²) in [6.45, 7) is 3.86. The van der Waals surface area contributed by atoms with Crippen molar-refractivity contribution in [2.24, 2.45) is 9.98 Å². The van der Waals surface area contributed by atoms with Gasteiger partial charge < -0.3 is 10.2 Å². The first kappa shape index (κ1) is 16.0. The van der Waals surface area contributed by atoms with Crippen LogP contribution < -0.4 is 5.32 Å². The van der Waals surface area contributed by atoms with Crippen molar-refractivity contribution in [2.75, 3.05) is 20.1 Å². The van der Waals surface area contributed by atoms with E-state index in [-0.39, 0.29) is 11.9 Å². The molecule has 1 atom stereocenters. The Balaban J connectivity index is 1.55. The van der Waals surface area contributed by atoms with Gasteiger partial charge >= 0.3 is 0 Å². The molecule has 0 aliphatic carbocycles. The van der Waals surface area contributed by atoms with E-state index in [0.29, 0.717) is 0 Å². The molecule has 1 N–H and O–H groups in total. The zero-order valence-corrected chi connectivity index (χ0v) is 13.4. The molecule has 2 heterocycles. The molecule has 0 unspecified atom stereocenters. The molecule has 0 bridgehead atoms. The van der Waals surface area contributed by atoms with Crippen LogP contribution in [0, 0.1) is 0 Å². The van der Waals surface area contributed by atoms with Gasteiger partial charge in [0, 0.05) is 33.0 Å². The third-order valence-corrected chi connectivity index (χ3v) is 4.20. The molecule has 0 aromatic rings. The molecule has 0 spiro atoms. The van der Waals surface area contributed by atoms with Gasteiger partial charge in [-0.3, -0.25) is 14.8 Å². The lowest BCUT2D eigenvalue weighted by molar-refractivity contribution is -0.126. The summed E-state index contributed by atoms with van der Waals surface area (Å²) >= 11 is 0. The molecule has 2 rings (SSSR count). The highest BCUT2D eigenvalue weighted by molar-refractivity contribution is 6.05. The zero-order chi connectivity index (χ0) is 15.1. The maximum absolute atomic E-state index is 11.6. The van der Waals surface area contributed by atoms with Crippen LogP contribution >= 0.6 is 0 Å². The SMILES string of the molecule is C[C@H]1N=C(CCCCCNC2=NCCCCC2)N(C)C1=O. The predicted molar refractivity (Wildman–Crippen MR) is 86.9 cm³/mol. The van der Waals surface area contributed by atoms with Crippen LogP contribution in [0.15, 0.2) is 9.98 Å². The second kappa shape index (κ2) is 8.15. The first-order valence-electron chi connectivity index (χ1n) is 8.30. The van der Waals surface area contributed by atoms with Crippen molar-refractivity contribution in [3.05, 3.63) is 0 Å². The van der Waals surface area contributed by atoms with Crippen LogP contribution in [0.5, 0.6) is 0 Å². The second-order valence-corrected chi connectivity index (χ2v) is 6.00. The largest absolute Gasteiger partial charge is 0.374 e. The van der Waals surface area contributed by atoms with Gasteiger partial charge in [-0.2, -0.15) is 0 Å².